The van der Waals surface area contributed by atoms with Crippen molar-refractivity contribution in [2.24, 2.45) is 0 Å². The number of rotatable bonds is 3. The van der Waals surface area contributed by atoms with E-state index < -0.39 is 5.97 Å². The topological polar surface area (TPSA) is 53.1 Å². The average molecular weight is 203 g/mol. The fraction of sp³-hybridized carbons (Fsp3) is 0.250. The molecule has 0 saturated heterocycles. The molecule has 2 rings (SSSR count). The predicted molar refractivity (Wildman–Crippen MR) is 59.0 cm³/mol. The van der Waals surface area contributed by atoms with E-state index in [4.69, 9.17) is 5.11 Å². The summed E-state index contributed by atoms with van der Waals surface area (Å²) >= 11 is 0. The third-order valence-corrected chi connectivity index (χ3v) is 2.50. The van der Waals surface area contributed by atoms with Gasteiger partial charge in [0.25, 0.3) is 0 Å². The van der Waals surface area contributed by atoms with Crippen molar-refractivity contribution in [3.05, 3.63) is 35.5 Å². The van der Waals surface area contributed by atoms with E-state index in [0.717, 1.165) is 22.2 Å². The van der Waals surface area contributed by atoms with Gasteiger partial charge in [0.15, 0.2) is 0 Å². The van der Waals surface area contributed by atoms with E-state index in [1.54, 1.807) is 0 Å². The maximum absolute atomic E-state index is 10.5. The minimum absolute atomic E-state index is 0.184. The van der Waals surface area contributed by atoms with Crippen LogP contribution in [0.5, 0.6) is 0 Å². The zero-order valence-electron chi connectivity index (χ0n) is 8.58. The summed E-state index contributed by atoms with van der Waals surface area (Å²) in [4.78, 5) is 13.7. The molecule has 78 valence electrons. The van der Waals surface area contributed by atoms with Gasteiger partial charge < -0.3 is 10.1 Å². The SMILES string of the molecule is Cc1cc2c(CCC(=O)O)cccc2[nH]1. The highest BCUT2D eigenvalue weighted by atomic mass is 16.4. The fourth-order valence-corrected chi connectivity index (χ4v) is 1.82. The number of carbonyl (C=O) groups is 1. The van der Waals surface area contributed by atoms with Gasteiger partial charge in [0, 0.05) is 23.0 Å². The molecule has 0 aliphatic rings. The maximum atomic E-state index is 10.5. The first-order valence-electron chi connectivity index (χ1n) is 4.96. The molecule has 1 heterocycles. The lowest BCUT2D eigenvalue weighted by Gasteiger charge is -2.00. The Morgan fingerprint density at radius 1 is 1.47 bits per heavy atom. The van der Waals surface area contributed by atoms with E-state index in [0.29, 0.717) is 6.42 Å². The summed E-state index contributed by atoms with van der Waals surface area (Å²) in [7, 11) is 0. The van der Waals surface area contributed by atoms with E-state index in [9.17, 15) is 4.79 Å². The predicted octanol–water partition coefficient (Wildman–Crippen LogP) is 2.49. The Bertz CT molecular complexity index is 499. The smallest absolute Gasteiger partial charge is 0.303 e. The van der Waals surface area contributed by atoms with Crippen LogP contribution >= 0.6 is 0 Å². The molecule has 1 aromatic heterocycles. The first kappa shape index (κ1) is 9.77. The van der Waals surface area contributed by atoms with Gasteiger partial charge in [0.05, 0.1) is 0 Å². The van der Waals surface area contributed by atoms with Crippen molar-refractivity contribution in [2.45, 2.75) is 19.8 Å². The molecule has 0 saturated carbocycles. The highest BCUT2D eigenvalue weighted by Gasteiger charge is 2.05. The molecule has 0 bridgehead atoms. The van der Waals surface area contributed by atoms with Gasteiger partial charge in [-0.25, -0.2) is 0 Å². The quantitative estimate of drug-likeness (QED) is 0.805. The van der Waals surface area contributed by atoms with Crippen molar-refractivity contribution in [1.29, 1.82) is 0 Å². The number of carboxylic acid groups (broad SMARTS) is 1. The number of fused-ring (bicyclic) bond motifs is 1. The number of benzene rings is 1. The molecule has 0 spiro atoms. The summed E-state index contributed by atoms with van der Waals surface area (Å²) in [6.45, 7) is 2.00. The summed E-state index contributed by atoms with van der Waals surface area (Å²) in [5.41, 5.74) is 3.28. The van der Waals surface area contributed by atoms with Gasteiger partial charge in [-0.1, -0.05) is 12.1 Å². The normalized spacial score (nSPS) is 10.7. The van der Waals surface area contributed by atoms with E-state index in [-0.39, 0.29) is 6.42 Å². The van der Waals surface area contributed by atoms with Crippen molar-refractivity contribution >= 4 is 16.9 Å². The van der Waals surface area contributed by atoms with E-state index in [1.807, 2.05) is 25.1 Å². The number of aryl methyl sites for hydroxylation is 2. The molecule has 0 amide bonds. The number of nitrogens with one attached hydrogen (secondary N) is 1. The van der Waals surface area contributed by atoms with Gasteiger partial charge in [-0.05, 0) is 31.0 Å². The van der Waals surface area contributed by atoms with Crippen molar-refractivity contribution in [3.8, 4) is 0 Å². The van der Waals surface area contributed by atoms with Crippen LogP contribution in [-0.2, 0) is 11.2 Å². The summed E-state index contributed by atoms with van der Waals surface area (Å²) in [6.07, 6.45) is 0.771. The maximum Gasteiger partial charge on any atom is 0.303 e. The van der Waals surface area contributed by atoms with Crippen LogP contribution in [0.15, 0.2) is 24.3 Å². The zero-order valence-corrected chi connectivity index (χ0v) is 8.58. The first-order valence-corrected chi connectivity index (χ1v) is 4.96. The standard InChI is InChI=1S/C12H13NO2/c1-8-7-10-9(5-6-12(14)15)3-2-4-11(10)13-8/h2-4,7,13H,5-6H2,1H3,(H,14,15). The number of hydrogen-bond donors (Lipinski definition) is 2. The highest BCUT2D eigenvalue weighted by molar-refractivity contribution is 5.84. The van der Waals surface area contributed by atoms with Crippen LogP contribution in [0.1, 0.15) is 17.7 Å². The number of carboxylic acids is 1. The number of aromatic nitrogens is 1. The Kier molecular flexibility index (Phi) is 2.46. The molecule has 0 atom stereocenters. The van der Waals surface area contributed by atoms with Crippen molar-refractivity contribution in [1.82, 2.24) is 4.98 Å². The van der Waals surface area contributed by atoms with Crippen molar-refractivity contribution in [2.75, 3.05) is 0 Å². The van der Waals surface area contributed by atoms with Crippen LogP contribution in [0.4, 0.5) is 0 Å². The van der Waals surface area contributed by atoms with Crippen LogP contribution in [-0.4, -0.2) is 16.1 Å². The lowest BCUT2D eigenvalue weighted by atomic mass is 10.1. The molecular formula is C12H13NO2. The second-order valence-electron chi connectivity index (χ2n) is 3.72. The molecule has 2 N–H and O–H groups in total. The summed E-state index contributed by atoms with van der Waals surface area (Å²) in [5.74, 6) is -0.751. The Morgan fingerprint density at radius 3 is 3.00 bits per heavy atom. The van der Waals surface area contributed by atoms with Crippen LogP contribution < -0.4 is 0 Å². The number of aromatic amines is 1. The lowest BCUT2D eigenvalue weighted by Crippen LogP contribution is -1.97. The van der Waals surface area contributed by atoms with Crippen LogP contribution in [0.3, 0.4) is 0 Å². The van der Waals surface area contributed by atoms with Gasteiger partial charge in [-0.2, -0.15) is 0 Å². The molecule has 3 nitrogen and oxygen atoms in total. The van der Waals surface area contributed by atoms with E-state index in [2.05, 4.69) is 11.1 Å². The van der Waals surface area contributed by atoms with Crippen molar-refractivity contribution < 1.29 is 9.90 Å². The van der Waals surface area contributed by atoms with Crippen LogP contribution in [0, 0.1) is 6.92 Å². The molecule has 0 radical (unpaired) electrons. The second kappa shape index (κ2) is 3.77. The second-order valence-corrected chi connectivity index (χ2v) is 3.72. The summed E-state index contributed by atoms with van der Waals surface area (Å²) in [6, 6.07) is 8.01. The zero-order chi connectivity index (χ0) is 10.8. The van der Waals surface area contributed by atoms with Gasteiger partial charge in [-0.3, -0.25) is 4.79 Å². The van der Waals surface area contributed by atoms with Crippen LogP contribution in [0.25, 0.3) is 10.9 Å². The monoisotopic (exact) mass is 203 g/mol. The molecule has 0 aliphatic carbocycles. The molecule has 2 aromatic rings. The lowest BCUT2D eigenvalue weighted by molar-refractivity contribution is -0.136. The van der Waals surface area contributed by atoms with Gasteiger partial charge in [0.1, 0.15) is 0 Å². The molecule has 0 aliphatic heterocycles. The van der Waals surface area contributed by atoms with Gasteiger partial charge >= 0.3 is 5.97 Å². The largest absolute Gasteiger partial charge is 0.481 e. The van der Waals surface area contributed by atoms with Crippen LogP contribution in [0.2, 0.25) is 0 Å². The molecule has 15 heavy (non-hydrogen) atoms. The number of hydrogen-bond acceptors (Lipinski definition) is 1. The Morgan fingerprint density at radius 2 is 2.27 bits per heavy atom. The molecule has 3 heteroatoms. The third-order valence-electron chi connectivity index (χ3n) is 2.50. The number of aliphatic carboxylic acids is 1. The minimum Gasteiger partial charge on any atom is -0.481 e. The average Bonchev–Trinajstić information content (AvgIpc) is 2.55. The summed E-state index contributed by atoms with van der Waals surface area (Å²) < 4.78 is 0. The van der Waals surface area contributed by atoms with E-state index in [1.165, 1.54) is 0 Å². The highest BCUT2D eigenvalue weighted by Crippen LogP contribution is 2.20. The molecule has 1 aromatic carbocycles. The Balaban J connectivity index is 2.37. The minimum atomic E-state index is -0.751. The third kappa shape index (κ3) is 2.01. The number of H-pyrrole nitrogens is 1. The summed E-state index contributed by atoms with van der Waals surface area (Å²) in [5, 5.41) is 9.78. The van der Waals surface area contributed by atoms with Gasteiger partial charge in [0.2, 0.25) is 0 Å². The molecule has 0 unspecified atom stereocenters. The fourth-order valence-electron chi connectivity index (χ4n) is 1.82. The molecular weight excluding hydrogens is 190 g/mol. The van der Waals surface area contributed by atoms with Crippen molar-refractivity contribution in [3.63, 3.8) is 0 Å². The Hall–Kier alpha value is -1.77. The van der Waals surface area contributed by atoms with Gasteiger partial charge in [-0.15, -0.1) is 0 Å². The Labute approximate surface area is 87.7 Å². The molecule has 0 fully saturated rings. The van der Waals surface area contributed by atoms with E-state index >= 15 is 0 Å². The first-order chi connectivity index (χ1) is 7.16.